The largest absolute Gasteiger partial charge is 0.417 e. The fraction of sp³-hybridized carbons (Fsp3) is 0.176. The zero-order chi connectivity index (χ0) is 16.6. The van der Waals surface area contributed by atoms with E-state index in [0.717, 1.165) is 11.6 Å². The van der Waals surface area contributed by atoms with Crippen LogP contribution >= 0.6 is 0 Å². The topological polar surface area (TPSA) is 50.7 Å². The van der Waals surface area contributed by atoms with E-state index in [9.17, 15) is 13.2 Å². The van der Waals surface area contributed by atoms with E-state index in [1.165, 1.54) is 12.1 Å². The summed E-state index contributed by atoms with van der Waals surface area (Å²) in [4.78, 5) is 8.28. The Morgan fingerprint density at radius 3 is 2.61 bits per heavy atom. The van der Waals surface area contributed by atoms with E-state index in [-0.39, 0.29) is 5.56 Å². The van der Waals surface area contributed by atoms with E-state index in [2.05, 4.69) is 9.98 Å². The van der Waals surface area contributed by atoms with Crippen molar-refractivity contribution in [1.82, 2.24) is 0 Å². The summed E-state index contributed by atoms with van der Waals surface area (Å²) in [5.41, 5.74) is 7.86. The van der Waals surface area contributed by atoms with Crippen molar-refractivity contribution in [3.05, 3.63) is 64.7 Å². The Morgan fingerprint density at radius 1 is 1.17 bits per heavy atom. The minimum absolute atomic E-state index is 0.120. The van der Waals surface area contributed by atoms with Crippen molar-refractivity contribution in [3.8, 4) is 0 Å². The molecule has 23 heavy (non-hydrogen) atoms. The number of benzene rings is 2. The third-order valence-corrected chi connectivity index (χ3v) is 3.78. The van der Waals surface area contributed by atoms with Gasteiger partial charge in [0.25, 0.3) is 0 Å². The first-order chi connectivity index (χ1) is 10.9. The van der Waals surface area contributed by atoms with Crippen LogP contribution in [0.15, 0.2) is 52.4 Å². The van der Waals surface area contributed by atoms with Gasteiger partial charge in [-0.25, -0.2) is 0 Å². The van der Waals surface area contributed by atoms with Gasteiger partial charge in [-0.1, -0.05) is 30.3 Å². The maximum absolute atomic E-state index is 13.2. The molecular formula is C17H14F3N3. The van der Waals surface area contributed by atoms with Crippen LogP contribution in [0.5, 0.6) is 0 Å². The first-order valence-electron chi connectivity index (χ1n) is 7.00. The Bertz CT molecular complexity index is 820. The normalized spacial score (nSPS) is 14.6. The van der Waals surface area contributed by atoms with Crippen molar-refractivity contribution in [1.29, 1.82) is 0 Å². The van der Waals surface area contributed by atoms with E-state index in [0.29, 0.717) is 29.2 Å². The lowest BCUT2D eigenvalue weighted by molar-refractivity contribution is -0.137. The lowest BCUT2D eigenvalue weighted by atomic mass is 9.98. The minimum atomic E-state index is -4.40. The molecule has 0 saturated heterocycles. The number of nitrogens with two attached hydrogens (primary N) is 1. The highest BCUT2D eigenvalue weighted by atomic mass is 19.4. The Balaban J connectivity index is 2.04. The van der Waals surface area contributed by atoms with Crippen LogP contribution in [-0.4, -0.2) is 18.6 Å². The summed E-state index contributed by atoms with van der Waals surface area (Å²) in [7, 11) is 1.58. The van der Waals surface area contributed by atoms with Gasteiger partial charge in [-0.05, 0) is 17.7 Å². The third kappa shape index (κ3) is 2.84. The van der Waals surface area contributed by atoms with Crippen LogP contribution in [0.3, 0.4) is 0 Å². The quantitative estimate of drug-likeness (QED) is 0.666. The monoisotopic (exact) mass is 317 g/mol. The first kappa shape index (κ1) is 15.3. The van der Waals surface area contributed by atoms with Crippen molar-refractivity contribution in [2.24, 2.45) is 15.7 Å². The highest BCUT2D eigenvalue weighted by molar-refractivity contribution is 6.08. The molecule has 0 radical (unpaired) electrons. The van der Waals surface area contributed by atoms with Gasteiger partial charge < -0.3 is 5.73 Å². The summed E-state index contributed by atoms with van der Waals surface area (Å²) < 4.78 is 39.5. The average molecular weight is 317 g/mol. The Labute approximate surface area is 131 Å². The summed E-state index contributed by atoms with van der Waals surface area (Å²) in [6, 6.07) is 10.9. The number of hydrogen-bond acceptors (Lipinski definition) is 2. The molecule has 0 unspecified atom stereocenters. The van der Waals surface area contributed by atoms with E-state index in [4.69, 9.17) is 5.73 Å². The van der Waals surface area contributed by atoms with Gasteiger partial charge in [-0.3, -0.25) is 9.98 Å². The number of amidine groups is 1. The van der Waals surface area contributed by atoms with Crippen LogP contribution in [0, 0.1) is 0 Å². The van der Waals surface area contributed by atoms with Crippen molar-refractivity contribution in [2.45, 2.75) is 12.6 Å². The molecule has 0 fully saturated rings. The van der Waals surface area contributed by atoms with Crippen LogP contribution in [0.1, 0.15) is 22.3 Å². The molecule has 118 valence electrons. The van der Waals surface area contributed by atoms with Gasteiger partial charge >= 0.3 is 6.18 Å². The summed E-state index contributed by atoms with van der Waals surface area (Å²) in [6.45, 7) is 0. The number of aliphatic imine (C=N–C) groups is 2. The molecular weight excluding hydrogens is 303 g/mol. The van der Waals surface area contributed by atoms with Crippen LogP contribution in [0.4, 0.5) is 18.9 Å². The molecule has 3 rings (SSSR count). The van der Waals surface area contributed by atoms with Gasteiger partial charge in [0, 0.05) is 24.6 Å². The van der Waals surface area contributed by atoms with E-state index >= 15 is 0 Å². The molecule has 2 aromatic rings. The lowest BCUT2D eigenvalue weighted by Crippen LogP contribution is -2.13. The minimum Gasteiger partial charge on any atom is -0.384 e. The van der Waals surface area contributed by atoms with Gasteiger partial charge in [0.2, 0.25) is 0 Å². The molecule has 0 saturated carbocycles. The molecule has 0 bridgehead atoms. The second-order valence-electron chi connectivity index (χ2n) is 5.23. The van der Waals surface area contributed by atoms with Gasteiger partial charge in [-0.2, -0.15) is 13.2 Å². The summed E-state index contributed by atoms with van der Waals surface area (Å²) in [6.07, 6.45) is -4.04. The van der Waals surface area contributed by atoms with E-state index < -0.39 is 11.7 Å². The van der Waals surface area contributed by atoms with Gasteiger partial charge in [0.05, 0.1) is 17.0 Å². The average Bonchev–Trinajstić information content (AvgIpc) is 2.96. The SMILES string of the molecule is CN=C(N)c1ccc2c(c1)N=C(c1ccccc1C(F)(F)F)C2. The number of fused-ring (bicyclic) bond motifs is 1. The zero-order valence-corrected chi connectivity index (χ0v) is 12.4. The maximum atomic E-state index is 13.2. The van der Waals surface area contributed by atoms with Crippen LogP contribution in [-0.2, 0) is 12.6 Å². The third-order valence-electron chi connectivity index (χ3n) is 3.78. The number of alkyl halides is 3. The highest BCUT2D eigenvalue weighted by Gasteiger charge is 2.34. The predicted octanol–water partition coefficient (Wildman–Crippen LogP) is 3.72. The van der Waals surface area contributed by atoms with Gasteiger partial charge in [0.15, 0.2) is 0 Å². The summed E-state index contributed by atoms with van der Waals surface area (Å²) in [5.74, 6) is 0.368. The molecule has 0 amide bonds. The van der Waals surface area contributed by atoms with Crippen LogP contribution in [0.2, 0.25) is 0 Å². The molecule has 0 atom stereocenters. The molecule has 0 spiro atoms. The zero-order valence-electron chi connectivity index (χ0n) is 12.4. The van der Waals surface area contributed by atoms with Gasteiger partial charge in [0.1, 0.15) is 5.84 Å². The number of rotatable bonds is 2. The smallest absolute Gasteiger partial charge is 0.384 e. The molecule has 6 heteroatoms. The van der Waals surface area contributed by atoms with Crippen LogP contribution < -0.4 is 5.73 Å². The van der Waals surface area contributed by atoms with Crippen molar-refractivity contribution in [3.63, 3.8) is 0 Å². The predicted molar refractivity (Wildman–Crippen MR) is 84.4 cm³/mol. The maximum Gasteiger partial charge on any atom is 0.417 e. The van der Waals surface area contributed by atoms with Crippen LogP contribution in [0.25, 0.3) is 0 Å². The second-order valence-corrected chi connectivity index (χ2v) is 5.23. The molecule has 0 aromatic heterocycles. The lowest BCUT2D eigenvalue weighted by Gasteiger charge is -2.12. The van der Waals surface area contributed by atoms with Gasteiger partial charge in [-0.15, -0.1) is 0 Å². The number of nitrogens with zero attached hydrogens (tertiary/aromatic N) is 2. The highest BCUT2D eigenvalue weighted by Crippen LogP contribution is 2.36. The molecule has 2 aromatic carbocycles. The Hall–Kier alpha value is -2.63. The summed E-state index contributed by atoms with van der Waals surface area (Å²) in [5, 5.41) is 0. The molecule has 3 nitrogen and oxygen atoms in total. The molecule has 2 N–H and O–H groups in total. The van der Waals surface area contributed by atoms with Crippen molar-refractivity contribution >= 4 is 17.2 Å². The van der Waals surface area contributed by atoms with Crippen molar-refractivity contribution in [2.75, 3.05) is 7.05 Å². The molecule has 0 aliphatic carbocycles. The molecule has 1 aliphatic heterocycles. The Morgan fingerprint density at radius 2 is 1.91 bits per heavy atom. The van der Waals surface area contributed by atoms with Crippen molar-refractivity contribution < 1.29 is 13.2 Å². The fourth-order valence-electron chi connectivity index (χ4n) is 2.61. The second kappa shape index (κ2) is 5.53. The van der Waals surface area contributed by atoms with E-state index in [1.807, 2.05) is 6.07 Å². The number of halogens is 3. The Kier molecular flexibility index (Phi) is 3.67. The first-order valence-corrected chi connectivity index (χ1v) is 7.00. The molecule has 1 aliphatic rings. The molecule has 1 heterocycles. The standard InChI is InChI=1S/C17H14F3N3/c1-22-16(21)11-7-6-10-8-15(23-14(10)9-11)12-4-2-3-5-13(12)17(18,19)20/h2-7,9H,8H2,1H3,(H2,21,22). The summed E-state index contributed by atoms with van der Waals surface area (Å²) >= 11 is 0. The van der Waals surface area contributed by atoms with E-state index in [1.54, 1.807) is 25.2 Å². The fourth-order valence-corrected chi connectivity index (χ4v) is 2.61. The number of hydrogen-bond donors (Lipinski definition) is 1.